The molecule has 0 saturated carbocycles. The lowest BCUT2D eigenvalue weighted by molar-refractivity contribution is 0.120. The summed E-state index contributed by atoms with van der Waals surface area (Å²) in [6.45, 7) is 2.40. The average Bonchev–Trinajstić information content (AvgIpc) is 2.00. The first-order valence-corrected chi connectivity index (χ1v) is 5.73. The van der Waals surface area contributed by atoms with E-state index in [4.69, 9.17) is 10.5 Å². The lowest BCUT2D eigenvalue weighted by atomic mass is 9.98. The first-order chi connectivity index (χ1) is 5.04. The fraction of sp³-hybridized carbons (Fsp3) is 0.833. The van der Waals surface area contributed by atoms with Gasteiger partial charge in [0.1, 0.15) is 6.61 Å². The number of amides is 1. The summed E-state index contributed by atoms with van der Waals surface area (Å²) in [5, 5.41) is 0.802. The van der Waals surface area contributed by atoms with Gasteiger partial charge >= 0.3 is 6.09 Å². The predicted octanol–water partition coefficient (Wildman–Crippen LogP) is 1.92. The highest BCUT2D eigenvalue weighted by molar-refractivity contribution is 14.1. The summed E-state index contributed by atoms with van der Waals surface area (Å²) in [5.41, 5.74) is 4.83. The van der Waals surface area contributed by atoms with Crippen molar-refractivity contribution in [3.05, 3.63) is 0 Å². The van der Waals surface area contributed by atoms with Gasteiger partial charge in [-0.25, -0.2) is 4.79 Å². The van der Waals surface area contributed by atoms with Crippen LogP contribution in [0.3, 0.4) is 0 Å². The molecule has 0 aromatic heterocycles. The smallest absolute Gasteiger partial charge is 0.404 e. The van der Waals surface area contributed by atoms with Crippen LogP contribution in [0.2, 0.25) is 0 Å². The van der Waals surface area contributed by atoms with E-state index >= 15 is 0 Å². The highest BCUT2D eigenvalue weighted by Crippen LogP contribution is 2.22. The van der Waals surface area contributed by atoms with E-state index in [1.54, 1.807) is 0 Å². The number of nitrogens with two attached hydrogens (primary N) is 1. The minimum atomic E-state index is -0.706. The molecule has 0 radical (unpaired) electrons. The van der Waals surface area contributed by atoms with Gasteiger partial charge in [-0.3, -0.25) is 0 Å². The van der Waals surface area contributed by atoms with Crippen molar-refractivity contribution in [3.63, 3.8) is 0 Å². The van der Waals surface area contributed by atoms with E-state index < -0.39 is 6.09 Å². The zero-order chi connectivity index (χ0) is 8.91. The Morgan fingerprint density at radius 3 is 2.64 bits per heavy atom. The fourth-order valence-corrected chi connectivity index (χ4v) is 1.95. The summed E-state index contributed by atoms with van der Waals surface area (Å²) >= 11 is 5.60. The van der Waals surface area contributed by atoms with Crippen molar-refractivity contribution in [1.29, 1.82) is 0 Å². The number of alkyl halides is 2. The van der Waals surface area contributed by atoms with E-state index in [2.05, 4.69) is 38.5 Å². The van der Waals surface area contributed by atoms with Crippen LogP contribution < -0.4 is 5.73 Å². The molecular weight excluding hydrogens is 325 g/mol. The van der Waals surface area contributed by atoms with Crippen molar-refractivity contribution in [1.82, 2.24) is 0 Å². The second-order valence-corrected chi connectivity index (χ2v) is 4.01. The standard InChI is InChI=1S/C6H11BrINO2/c1-6(2-7,3-8)4-11-5(9)10/h2-4H2,1H3,(H2,9,10). The van der Waals surface area contributed by atoms with Gasteiger partial charge in [0.05, 0.1) is 0 Å². The molecule has 0 aliphatic heterocycles. The first kappa shape index (κ1) is 11.5. The third-order valence-corrected chi connectivity index (χ3v) is 4.40. The number of carbonyl (C=O) groups is 1. The molecule has 1 amide bonds. The molecule has 0 aliphatic rings. The monoisotopic (exact) mass is 335 g/mol. The van der Waals surface area contributed by atoms with E-state index in [-0.39, 0.29) is 5.41 Å². The van der Waals surface area contributed by atoms with Crippen molar-refractivity contribution in [2.24, 2.45) is 11.1 Å². The molecule has 2 N–H and O–H groups in total. The summed E-state index contributed by atoms with van der Waals surface area (Å²) in [6.07, 6.45) is -0.706. The van der Waals surface area contributed by atoms with Gasteiger partial charge in [0.15, 0.2) is 0 Å². The molecule has 0 aliphatic carbocycles. The summed E-state index contributed by atoms with van der Waals surface area (Å²) in [5.74, 6) is 0. The van der Waals surface area contributed by atoms with Crippen LogP contribution in [0, 0.1) is 5.41 Å². The van der Waals surface area contributed by atoms with E-state index in [9.17, 15) is 4.79 Å². The zero-order valence-corrected chi connectivity index (χ0v) is 10.0. The molecule has 0 aromatic carbocycles. The molecule has 0 bridgehead atoms. The Morgan fingerprint density at radius 2 is 2.36 bits per heavy atom. The number of ether oxygens (including phenoxy) is 1. The average molecular weight is 336 g/mol. The van der Waals surface area contributed by atoms with Crippen LogP contribution in [-0.2, 0) is 4.74 Å². The van der Waals surface area contributed by atoms with Gasteiger partial charge in [-0.2, -0.15) is 0 Å². The maximum atomic E-state index is 10.3. The Morgan fingerprint density at radius 1 is 1.82 bits per heavy atom. The second kappa shape index (κ2) is 5.18. The molecular formula is C6H11BrINO2. The van der Waals surface area contributed by atoms with Crippen LogP contribution in [0.4, 0.5) is 4.79 Å². The molecule has 5 heteroatoms. The molecule has 0 saturated heterocycles. The van der Waals surface area contributed by atoms with Gasteiger partial charge in [0.2, 0.25) is 0 Å². The Bertz CT molecular complexity index is 139. The van der Waals surface area contributed by atoms with Crippen LogP contribution in [0.25, 0.3) is 0 Å². The third kappa shape index (κ3) is 4.84. The molecule has 0 rings (SSSR count). The maximum absolute atomic E-state index is 10.3. The first-order valence-electron chi connectivity index (χ1n) is 3.08. The Hall–Kier alpha value is 0.480. The molecule has 0 fully saturated rings. The van der Waals surface area contributed by atoms with Gasteiger partial charge in [-0.15, -0.1) is 0 Å². The van der Waals surface area contributed by atoms with E-state index in [1.165, 1.54) is 0 Å². The van der Waals surface area contributed by atoms with Crippen molar-refractivity contribution in [3.8, 4) is 0 Å². The maximum Gasteiger partial charge on any atom is 0.404 e. The summed E-state index contributed by atoms with van der Waals surface area (Å²) in [6, 6.07) is 0. The number of primary amides is 1. The minimum Gasteiger partial charge on any atom is -0.449 e. The zero-order valence-electron chi connectivity index (χ0n) is 6.27. The minimum absolute atomic E-state index is 0.00438. The molecule has 0 spiro atoms. The SMILES string of the molecule is CC(CBr)(CI)COC(N)=O. The summed E-state index contributed by atoms with van der Waals surface area (Å²) < 4.78 is 5.61. The normalized spacial score (nSPS) is 15.5. The van der Waals surface area contributed by atoms with Gasteiger partial charge in [-0.05, 0) is 0 Å². The largest absolute Gasteiger partial charge is 0.449 e. The van der Waals surface area contributed by atoms with Crippen LogP contribution in [0.15, 0.2) is 0 Å². The van der Waals surface area contributed by atoms with Gasteiger partial charge in [0.25, 0.3) is 0 Å². The van der Waals surface area contributed by atoms with Gasteiger partial charge in [-0.1, -0.05) is 45.4 Å². The van der Waals surface area contributed by atoms with Crippen molar-refractivity contribution < 1.29 is 9.53 Å². The van der Waals surface area contributed by atoms with Crippen LogP contribution in [0.5, 0.6) is 0 Å². The molecule has 66 valence electrons. The van der Waals surface area contributed by atoms with Crippen molar-refractivity contribution in [2.75, 3.05) is 16.4 Å². The number of carbonyl (C=O) groups excluding carboxylic acids is 1. The summed E-state index contributed by atoms with van der Waals surface area (Å²) in [7, 11) is 0. The molecule has 1 atom stereocenters. The molecule has 0 heterocycles. The van der Waals surface area contributed by atoms with Crippen LogP contribution in [0.1, 0.15) is 6.92 Å². The number of hydrogen-bond donors (Lipinski definition) is 1. The Balaban J connectivity index is 3.78. The fourth-order valence-electron chi connectivity index (χ4n) is 0.358. The van der Waals surface area contributed by atoms with Crippen LogP contribution >= 0.6 is 38.5 Å². The molecule has 0 aromatic rings. The lowest BCUT2D eigenvalue weighted by Crippen LogP contribution is -2.30. The molecule has 1 unspecified atom stereocenters. The Kier molecular flexibility index (Phi) is 5.41. The number of hydrogen-bond acceptors (Lipinski definition) is 2. The number of rotatable bonds is 4. The van der Waals surface area contributed by atoms with Gasteiger partial charge < -0.3 is 10.5 Å². The quantitative estimate of drug-likeness (QED) is 0.630. The molecule has 3 nitrogen and oxygen atoms in total. The summed E-state index contributed by atoms with van der Waals surface area (Å²) in [4.78, 5) is 10.3. The lowest BCUT2D eigenvalue weighted by Gasteiger charge is -2.23. The number of halogens is 2. The van der Waals surface area contributed by atoms with Crippen LogP contribution in [-0.4, -0.2) is 22.5 Å². The van der Waals surface area contributed by atoms with Crippen molar-refractivity contribution in [2.45, 2.75) is 6.92 Å². The topological polar surface area (TPSA) is 52.3 Å². The van der Waals surface area contributed by atoms with E-state index in [0.29, 0.717) is 6.61 Å². The third-order valence-electron chi connectivity index (χ3n) is 1.21. The van der Waals surface area contributed by atoms with E-state index in [1.807, 2.05) is 6.92 Å². The highest BCUT2D eigenvalue weighted by atomic mass is 127. The van der Waals surface area contributed by atoms with Crippen molar-refractivity contribution >= 4 is 44.6 Å². The van der Waals surface area contributed by atoms with E-state index in [0.717, 1.165) is 9.76 Å². The Labute approximate surface area is 88.3 Å². The second-order valence-electron chi connectivity index (χ2n) is 2.69. The molecule has 11 heavy (non-hydrogen) atoms. The predicted molar refractivity (Wildman–Crippen MR) is 56.3 cm³/mol. The van der Waals surface area contributed by atoms with Gasteiger partial charge in [0, 0.05) is 15.2 Å². The highest BCUT2D eigenvalue weighted by Gasteiger charge is 2.22.